The maximum Gasteiger partial charge on any atom is 0.156 e. The van der Waals surface area contributed by atoms with Gasteiger partial charge in [0.1, 0.15) is 29.9 Å². The quantitative estimate of drug-likeness (QED) is 0.429. The van der Waals surface area contributed by atoms with Gasteiger partial charge in [-0.05, 0) is 49.6 Å². The number of ether oxygens (including phenoxy) is 2. The number of nitrogens with one attached hydrogen (secondary N) is 1. The molecule has 32 heavy (non-hydrogen) atoms. The lowest BCUT2D eigenvalue weighted by molar-refractivity contribution is -0.114. The van der Waals surface area contributed by atoms with Crippen molar-refractivity contribution in [2.45, 2.75) is 26.0 Å². The largest absolute Gasteiger partial charge is 0.495 e. The van der Waals surface area contributed by atoms with E-state index in [1.54, 1.807) is 45.2 Å². The van der Waals surface area contributed by atoms with E-state index in [0.717, 1.165) is 16.3 Å². The summed E-state index contributed by atoms with van der Waals surface area (Å²) < 4.78 is 10.6. The van der Waals surface area contributed by atoms with Gasteiger partial charge < -0.3 is 19.6 Å². The second-order valence-corrected chi connectivity index (χ2v) is 7.74. The third-order valence-electron chi connectivity index (χ3n) is 4.58. The Morgan fingerprint density at radius 3 is 2.69 bits per heavy atom. The molecule has 162 valence electrons. The Balaban J connectivity index is 1.95. The summed E-state index contributed by atoms with van der Waals surface area (Å²) in [5.41, 5.74) is 1.05. The highest BCUT2D eigenvalue weighted by Crippen LogP contribution is 2.27. The van der Waals surface area contributed by atoms with Crippen LogP contribution in [0.3, 0.4) is 0 Å². The molecule has 2 aromatic carbocycles. The van der Waals surface area contributed by atoms with Gasteiger partial charge in [-0.2, -0.15) is 5.26 Å². The average Bonchev–Trinajstić information content (AvgIpc) is 2.80. The molecule has 0 unspecified atom stereocenters. The van der Waals surface area contributed by atoms with Crippen LogP contribution in [0.5, 0.6) is 5.75 Å². The summed E-state index contributed by atoms with van der Waals surface area (Å²) in [6.07, 6.45) is 0.679. The molecule has 0 atom stereocenters. The molecule has 0 bridgehead atoms. The standard InChI is InChI=1S/C24H21ClN4O3/c1-24(2,32-11-10-30)9-8-21-18-6-4-16(14-26)12-19(18)23(29-28-21)27-15-17-5-7-22(31-3)20(25)13-17/h4-7,10,12-13H,11,15H2,1-3H3,(H,27,29). The normalized spacial score (nSPS) is 10.7. The number of aromatic nitrogens is 2. The molecule has 0 fully saturated rings. The molecule has 0 amide bonds. The fourth-order valence-corrected chi connectivity index (χ4v) is 3.22. The van der Waals surface area contributed by atoms with Crippen molar-refractivity contribution in [3.8, 4) is 23.7 Å². The van der Waals surface area contributed by atoms with Gasteiger partial charge in [0.15, 0.2) is 5.82 Å². The minimum absolute atomic E-state index is 0.0438. The van der Waals surface area contributed by atoms with Crippen molar-refractivity contribution in [2.24, 2.45) is 0 Å². The molecule has 1 aromatic heterocycles. The number of carbonyl (C=O) groups is 1. The van der Waals surface area contributed by atoms with Crippen LogP contribution in [0.15, 0.2) is 36.4 Å². The van der Waals surface area contributed by atoms with E-state index in [-0.39, 0.29) is 6.61 Å². The van der Waals surface area contributed by atoms with Crippen molar-refractivity contribution in [1.82, 2.24) is 10.2 Å². The molecule has 0 radical (unpaired) electrons. The lowest BCUT2D eigenvalue weighted by Crippen LogP contribution is -2.23. The van der Waals surface area contributed by atoms with Crippen LogP contribution in [-0.4, -0.2) is 35.8 Å². The van der Waals surface area contributed by atoms with Gasteiger partial charge in [-0.3, -0.25) is 0 Å². The van der Waals surface area contributed by atoms with Gasteiger partial charge in [-0.25, -0.2) is 0 Å². The van der Waals surface area contributed by atoms with Crippen LogP contribution < -0.4 is 10.1 Å². The molecule has 0 saturated heterocycles. The molecule has 1 N–H and O–H groups in total. The predicted octanol–water partition coefficient (Wildman–Crippen LogP) is 4.12. The second-order valence-electron chi connectivity index (χ2n) is 7.33. The molecule has 0 spiro atoms. The third kappa shape index (κ3) is 5.53. The van der Waals surface area contributed by atoms with Crippen LogP contribution in [0.2, 0.25) is 5.02 Å². The molecule has 1 heterocycles. The maximum absolute atomic E-state index is 10.6. The van der Waals surface area contributed by atoms with E-state index in [2.05, 4.69) is 33.4 Å². The second kappa shape index (κ2) is 10.1. The number of carbonyl (C=O) groups excluding carboxylic acids is 1. The van der Waals surface area contributed by atoms with Gasteiger partial charge in [0, 0.05) is 17.3 Å². The number of fused-ring (bicyclic) bond motifs is 1. The molecular weight excluding hydrogens is 428 g/mol. The van der Waals surface area contributed by atoms with E-state index in [9.17, 15) is 10.1 Å². The zero-order chi connectivity index (χ0) is 23.1. The van der Waals surface area contributed by atoms with Crippen LogP contribution in [-0.2, 0) is 16.1 Å². The maximum atomic E-state index is 10.6. The van der Waals surface area contributed by atoms with Gasteiger partial charge in [0.2, 0.25) is 0 Å². The number of aldehydes is 1. The Kier molecular flexibility index (Phi) is 7.27. The van der Waals surface area contributed by atoms with Gasteiger partial charge in [0.05, 0.1) is 23.8 Å². The Labute approximate surface area is 191 Å². The lowest BCUT2D eigenvalue weighted by Gasteiger charge is -2.16. The Morgan fingerprint density at radius 2 is 2.00 bits per heavy atom. The van der Waals surface area contributed by atoms with E-state index in [1.165, 1.54) is 0 Å². The number of rotatable bonds is 7. The molecule has 0 saturated carbocycles. The Bertz CT molecular complexity index is 1260. The van der Waals surface area contributed by atoms with Gasteiger partial charge in [-0.1, -0.05) is 29.7 Å². The van der Waals surface area contributed by atoms with Crippen LogP contribution in [0, 0.1) is 23.2 Å². The first-order valence-corrected chi connectivity index (χ1v) is 10.1. The molecule has 0 aliphatic carbocycles. The third-order valence-corrected chi connectivity index (χ3v) is 4.87. The number of methoxy groups -OCH3 is 1. The number of hydrogen-bond acceptors (Lipinski definition) is 7. The van der Waals surface area contributed by atoms with Crippen molar-refractivity contribution in [2.75, 3.05) is 19.0 Å². The number of halogens is 1. The summed E-state index contributed by atoms with van der Waals surface area (Å²) in [7, 11) is 1.56. The first kappa shape index (κ1) is 23.0. The first-order chi connectivity index (χ1) is 15.4. The molecule has 8 heteroatoms. The summed E-state index contributed by atoms with van der Waals surface area (Å²) >= 11 is 6.21. The fourth-order valence-electron chi connectivity index (χ4n) is 2.94. The van der Waals surface area contributed by atoms with Gasteiger partial charge >= 0.3 is 0 Å². The highest BCUT2D eigenvalue weighted by Gasteiger charge is 2.15. The zero-order valence-corrected chi connectivity index (χ0v) is 18.7. The van der Waals surface area contributed by atoms with E-state index in [4.69, 9.17) is 21.1 Å². The number of anilines is 1. The predicted molar refractivity (Wildman–Crippen MR) is 123 cm³/mol. The Morgan fingerprint density at radius 1 is 1.19 bits per heavy atom. The molecule has 3 aromatic rings. The fraction of sp³-hybridized carbons (Fsp3) is 0.250. The summed E-state index contributed by atoms with van der Waals surface area (Å²) in [4.78, 5) is 10.6. The highest BCUT2D eigenvalue weighted by atomic mass is 35.5. The molecular formula is C24H21ClN4O3. The first-order valence-electron chi connectivity index (χ1n) is 9.74. The van der Waals surface area contributed by atoms with Crippen molar-refractivity contribution >= 4 is 34.5 Å². The lowest BCUT2D eigenvalue weighted by atomic mass is 10.1. The summed E-state index contributed by atoms with van der Waals surface area (Å²) in [6, 6.07) is 12.9. The van der Waals surface area contributed by atoms with Crippen molar-refractivity contribution in [3.63, 3.8) is 0 Å². The van der Waals surface area contributed by atoms with E-state index in [1.807, 2.05) is 12.1 Å². The van der Waals surface area contributed by atoms with Crippen LogP contribution in [0.25, 0.3) is 10.8 Å². The van der Waals surface area contributed by atoms with Crippen molar-refractivity contribution < 1.29 is 14.3 Å². The number of benzene rings is 2. The van der Waals surface area contributed by atoms with Crippen LogP contribution >= 0.6 is 11.6 Å². The average molecular weight is 449 g/mol. The van der Waals surface area contributed by atoms with Crippen molar-refractivity contribution in [3.05, 3.63) is 58.2 Å². The van der Waals surface area contributed by atoms with E-state index in [0.29, 0.717) is 40.7 Å². The number of nitriles is 1. The summed E-state index contributed by atoms with van der Waals surface area (Å²) in [5.74, 6) is 7.09. The minimum Gasteiger partial charge on any atom is -0.495 e. The topological polar surface area (TPSA) is 97.1 Å². The zero-order valence-electron chi connectivity index (χ0n) is 17.9. The molecule has 3 rings (SSSR count). The molecule has 0 aliphatic rings. The molecule has 0 aliphatic heterocycles. The minimum atomic E-state index is -0.827. The van der Waals surface area contributed by atoms with E-state index >= 15 is 0 Å². The van der Waals surface area contributed by atoms with Gasteiger partial charge in [-0.15, -0.1) is 10.2 Å². The van der Waals surface area contributed by atoms with Gasteiger partial charge in [0.25, 0.3) is 0 Å². The van der Waals surface area contributed by atoms with Crippen LogP contribution in [0.4, 0.5) is 5.82 Å². The number of nitrogens with zero attached hydrogens (tertiary/aromatic N) is 3. The van der Waals surface area contributed by atoms with Crippen molar-refractivity contribution in [1.29, 1.82) is 5.26 Å². The Hall–Kier alpha value is -3.65. The smallest absolute Gasteiger partial charge is 0.156 e. The highest BCUT2D eigenvalue weighted by molar-refractivity contribution is 6.32. The number of hydrogen-bond donors (Lipinski definition) is 1. The molecule has 7 nitrogen and oxygen atoms in total. The van der Waals surface area contributed by atoms with Crippen LogP contribution in [0.1, 0.15) is 30.7 Å². The summed E-state index contributed by atoms with van der Waals surface area (Å²) in [5, 5.41) is 23.1. The van der Waals surface area contributed by atoms with E-state index < -0.39 is 5.60 Å². The SMILES string of the molecule is COc1ccc(CNc2nnc(C#CC(C)(C)OCC=O)c3ccc(C#N)cc23)cc1Cl. The summed E-state index contributed by atoms with van der Waals surface area (Å²) in [6.45, 7) is 3.94. The monoisotopic (exact) mass is 448 g/mol.